The zero-order chi connectivity index (χ0) is 18.3. The molecule has 0 spiro atoms. The largest absolute Gasteiger partial charge is 0.462 e. The van der Waals surface area contributed by atoms with Crippen molar-refractivity contribution in [3.05, 3.63) is 12.3 Å². The van der Waals surface area contributed by atoms with Gasteiger partial charge in [-0.25, -0.2) is 0 Å². The van der Waals surface area contributed by atoms with Gasteiger partial charge in [-0.3, -0.25) is 9.59 Å². The van der Waals surface area contributed by atoms with Crippen molar-refractivity contribution in [3.8, 4) is 0 Å². The van der Waals surface area contributed by atoms with E-state index < -0.39 is 0 Å². The number of ether oxygens (including phenoxy) is 1. The average molecular weight is 338 g/mol. The van der Waals surface area contributed by atoms with Crippen LogP contribution in [0.3, 0.4) is 0 Å². The molecule has 138 valence electrons. The van der Waals surface area contributed by atoms with Gasteiger partial charge in [0, 0.05) is 19.2 Å². The molecule has 1 amide bonds. The highest BCUT2D eigenvalue weighted by Crippen LogP contribution is 2.30. The molecule has 0 saturated heterocycles. The van der Waals surface area contributed by atoms with E-state index in [9.17, 15) is 9.59 Å². The smallest absolute Gasteiger partial charge is 0.309 e. The maximum atomic E-state index is 12.3. The van der Waals surface area contributed by atoms with E-state index in [0.29, 0.717) is 5.92 Å². The SMILES string of the molecule is CC1CCCCC(C)C(=O)N(C)C=CCC(=O)OC(C(C)(C)C)C1. The molecule has 0 radical (unpaired) electrons. The van der Waals surface area contributed by atoms with Crippen molar-refractivity contribution in [2.24, 2.45) is 17.3 Å². The van der Waals surface area contributed by atoms with Crippen LogP contribution in [0, 0.1) is 17.3 Å². The summed E-state index contributed by atoms with van der Waals surface area (Å²) < 4.78 is 5.75. The molecule has 1 rings (SSSR count). The molecule has 3 unspecified atom stereocenters. The van der Waals surface area contributed by atoms with Gasteiger partial charge in [-0.1, -0.05) is 60.0 Å². The van der Waals surface area contributed by atoms with Crippen LogP contribution in [0.4, 0.5) is 0 Å². The third-order valence-corrected chi connectivity index (χ3v) is 4.82. The Morgan fingerprint density at radius 1 is 1.12 bits per heavy atom. The van der Waals surface area contributed by atoms with Crippen molar-refractivity contribution in [1.29, 1.82) is 0 Å². The molecule has 1 aliphatic rings. The topological polar surface area (TPSA) is 46.6 Å². The van der Waals surface area contributed by atoms with Crippen LogP contribution in [-0.4, -0.2) is 29.9 Å². The first-order valence-corrected chi connectivity index (χ1v) is 9.24. The van der Waals surface area contributed by atoms with Gasteiger partial charge in [0.1, 0.15) is 6.10 Å². The third-order valence-electron chi connectivity index (χ3n) is 4.82. The Bertz CT molecular complexity index is 450. The van der Waals surface area contributed by atoms with Crippen LogP contribution in [-0.2, 0) is 14.3 Å². The van der Waals surface area contributed by atoms with Gasteiger partial charge < -0.3 is 9.64 Å². The van der Waals surface area contributed by atoms with Crippen molar-refractivity contribution >= 4 is 11.9 Å². The van der Waals surface area contributed by atoms with Crippen LogP contribution in [0.15, 0.2) is 12.3 Å². The van der Waals surface area contributed by atoms with Gasteiger partial charge in [-0.2, -0.15) is 0 Å². The number of carbonyl (C=O) groups excluding carboxylic acids is 2. The number of esters is 1. The molecule has 0 saturated carbocycles. The molecule has 24 heavy (non-hydrogen) atoms. The van der Waals surface area contributed by atoms with E-state index >= 15 is 0 Å². The first kappa shape index (κ1) is 20.7. The second-order valence-corrected chi connectivity index (χ2v) is 8.41. The summed E-state index contributed by atoms with van der Waals surface area (Å²) in [5.41, 5.74) is -0.0666. The van der Waals surface area contributed by atoms with Crippen LogP contribution in [0.2, 0.25) is 0 Å². The van der Waals surface area contributed by atoms with Crippen LogP contribution in [0.1, 0.15) is 73.1 Å². The highest BCUT2D eigenvalue weighted by molar-refractivity contribution is 5.79. The summed E-state index contributed by atoms with van der Waals surface area (Å²) in [6, 6.07) is 0. The molecular formula is C20H35NO3. The Labute approximate surface area is 147 Å². The molecular weight excluding hydrogens is 302 g/mol. The Morgan fingerprint density at radius 3 is 2.38 bits per heavy atom. The number of carbonyl (C=O) groups is 2. The molecule has 1 heterocycles. The first-order chi connectivity index (χ1) is 11.1. The van der Waals surface area contributed by atoms with Crippen LogP contribution in [0.5, 0.6) is 0 Å². The molecule has 0 aromatic carbocycles. The minimum atomic E-state index is -0.220. The molecule has 4 nitrogen and oxygen atoms in total. The lowest BCUT2D eigenvalue weighted by Gasteiger charge is -2.32. The predicted molar refractivity (Wildman–Crippen MR) is 97.3 cm³/mol. The quantitative estimate of drug-likeness (QED) is 0.610. The van der Waals surface area contributed by atoms with Crippen molar-refractivity contribution in [1.82, 2.24) is 4.90 Å². The van der Waals surface area contributed by atoms with Gasteiger partial charge in [0.25, 0.3) is 0 Å². The van der Waals surface area contributed by atoms with Crippen LogP contribution < -0.4 is 0 Å². The lowest BCUT2D eigenvalue weighted by molar-refractivity contribution is -0.155. The minimum absolute atomic E-state index is 0.0226. The second-order valence-electron chi connectivity index (χ2n) is 8.41. The number of cyclic esters (lactones) is 1. The van der Waals surface area contributed by atoms with Gasteiger partial charge >= 0.3 is 5.97 Å². The summed E-state index contributed by atoms with van der Waals surface area (Å²) in [6.45, 7) is 10.6. The van der Waals surface area contributed by atoms with E-state index in [-0.39, 0.29) is 35.7 Å². The second kappa shape index (κ2) is 9.24. The predicted octanol–water partition coefficient (Wildman–Crippen LogP) is 4.54. The fourth-order valence-corrected chi connectivity index (χ4v) is 3.06. The van der Waals surface area contributed by atoms with Gasteiger partial charge in [-0.15, -0.1) is 0 Å². The Kier molecular flexibility index (Phi) is 7.98. The molecule has 0 aliphatic carbocycles. The number of nitrogens with zero attached hydrogens (tertiary/aromatic N) is 1. The van der Waals surface area contributed by atoms with Gasteiger partial charge in [0.15, 0.2) is 0 Å². The maximum absolute atomic E-state index is 12.3. The summed E-state index contributed by atoms with van der Waals surface area (Å²) >= 11 is 0. The maximum Gasteiger partial charge on any atom is 0.309 e. The number of amides is 1. The molecule has 0 aromatic heterocycles. The van der Waals surface area contributed by atoms with E-state index in [0.717, 1.165) is 32.1 Å². The summed E-state index contributed by atoms with van der Waals surface area (Å²) in [6.07, 6.45) is 8.64. The fourth-order valence-electron chi connectivity index (χ4n) is 3.06. The molecule has 3 atom stereocenters. The normalized spacial score (nSPS) is 28.9. The third kappa shape index (κ3) is 7.06. The molecule has 0 bridgehead atoms. The minimum Gasteiger partial charge on any atom is -0.462 e. The Hall–Kier alpha value is -1.32. The zero-order valence-electron chi connectivity index (χ0n) is 16.3. The van der Waals surface area contributed by atoms with E-state index in [2.05, 4.69) is 27.7 Å². The number of rotatable bonds is 0. The first-order valence-electron chi connectivity index (χ1n) is 9.24. The highest BCUT2D eigenvalue weighted by atomic mass is 16.5. The van der Waals surface area contributed by atoms with Crippen LogP contribution >= 0.6 is 0 Å². The van der Waals surface area contributed by atoms with Crippen molar-refractivity contribution in [2.75, 3.05) is 7.05 Å². The Morgan fingerprint density at radius 2 is 1.75 bits per heavy atom. The number of hydrogen-bond acceptors (Lipinski definition) is 3. The van der Waals surface area contributed by atoms with Gasteiger partial charge in [0.05, 0.1) is 6.42 Å². The molecule has 0 aromatic rings. The van der Waals surface area contributed by atoms with Crippen molar-refractivity contribution in [3.63, 3.8) is 0 Å². The van der Waals surface area contributed by atoms with E-state index in [1.54, 1.807) is 24.2 Å². The van der Waals surface area contributed by atoms with Gasteiger partial charge in [0.2, 0.25) is 5.91 Å². The lowest BCUT2D eigenvalue weighted by atomic mass is 9.82. The van der Waals surface area contributed by atoms with Crippen LogP contribution in [0.25, 0.3) is 0 Å². The van der Waals surface area contributed by atoms with E-state index in [4.69, 9.17) is 4.74 Å². The zero-order valence-corrected chi connectivity index (χ0v) is 16.3. The van der Waals surface area contributed by atoms with E-state index in [1.165, 1.54) is 0 Å². The van der Waals surface area contributed by atoms with Crippen molar-refractivity contribution in [2.45, 2.75) is 79.2 Å². The molecule has 0 N–H and O–H groups in total. The van der Waals surface area contributed by atoms with Crippen molar-refractivity contribution < 1.29 is 14.3 Å². The summed E-state index contributed by atoms with van der Waals surface area (Å²) in [5, 5.41) is 0. The summed E-state index contributed by atoms with van der Waals surface area (Å²) in [5.74, 6) is 0.419. The summed E-state index contributed by atoms with van der Waals surface area (Å²) in [4.78, 5) is 26.0. The summed E-state index contributed by atoms with van der Waals surface area (Å²) in [7, 11) is 1.75. The van der Waals surface area contributed by atoms with Gasteiger partial charge in [-0.05, 0) is 24.2 Å². The van der Waals surface area contributed by atoms with E-state index in [1.807, 2.05) is 6.92 Å². The standard InChI is InChI=1S/C20H35NO3/c1-15-10-7-8-11-16(2)19(23)21(6)13-9-12-18(22)24-17(14-15)20(3,4)5/h9,13,15-17H,7-8,10-12,14H2,1-6H3. The molecule has 1 aliphatic heterocycles. The monoisotopic (exact) mass is 337 g/mol. The molecule has 4 heteroatoms. The lowest BCUT2D eigenvalue weighted by Crippen LogP contribution is -2.33. The average Bonchev–Trinajstić information content (AvgIpc) is 2.48. The highest BCUT2D eigenvalue weighted by Gasteiger charge is 2.29. The molecule has 0 fully saturated rings. The number of hydrogen-bond donors (Lipinski definition) is 0. The Balaban J connectivity index is 2.85. The fraction of sp³-hybridized carbons (Fsp3) is 0.800.